The second kappa shape index (κ2) is 6.85. The molecule has 22 heavy (non-hydrogen) atoms. The van der Waals surface area contributed by atoms with Gasteiger partial charge < -0.3 is 4.90 Å². The SMILES string of the molecule is CC(CC(=O)N1CCC(C)C2CCCCC21)c1ccccc1. The van der Waals surface area contributed by atoms with Crippen LogP contribution in [0.5, 0.6) is 0 Å². The zero-order valence-electron chi connectivity index (χ0n) is 14.0. The van der Waals surface area contributed by atoms with E-state index >= 15 is 0 Å². The first-order valence-electron chi connectivity index (χ1n) is 9.01. The van der Waals surface area contributed by atoms with Crippen LogP contribution in [0.2, 0.25) is 0 Å². The van der Waals surface area contributed by atoms with Crippen molar-refractivity contribution >= 4 is 5.91 Å². The van der Waals surface area contributed by atoms with Crippen LogP contribution in [0, 0.1) is 11.8 Å². The summed E-state index contributed by atoms with van der Waals surface area (Å²) >= 11 is 0. The van der Waals surface area contributed by atoms with E-state index in [0.717, 1.165) is 18.4 Å². The molecule has 1 aliphatic heterocycles. The lowest BCUT2D eigenvalue weighted by atomic mass is 9.72. The first-order valence-corrected chi connectivity index (χ1v) is 9.01. The molecule has 0 radical (unpaired) electrons. The number of carbonyl (C=O) groups excluding carboxylic acids is 1. The largest absolute Gasteiger partial charge is 0.339 e. The summed E-state index contributed by atoms with van der Waals surface area (Å²) in [5.41, 5.74) is 1.28. The van der Waals surface area contributed by atoms with Crippen LogP contribution in [0.15, 0.2) is 30.3 Å². The Morgan fingerprint density at radius 2 is 1.91 bits per heavy atom. The molecule has 2 aliphatic rings. The Labute approximate surface area is 134 Å². The molecule has 2 fully saturated rings. The molecule has 120 valence electrons. The summed E-state index contributed by atoms with van der Waals surface area (Å²) in [5.74, 6) is 2.23. The molecule has 1 saturated carbocycles. The molecule has 1 heterocycles. The third-order valence-corrected chi connectivity index (χ3v) is 5.91. The minimum absolute atomic E-state index is 0.315. The molecule has 3 rings (SSSR count). The lowest BCUT2D eigenvalue weighted by molar-refractivity contribution is -0.139. The molecular weight excluding hydrogens is 270 g/mol. The number of likely N-dealkylation sites (tertiary alicyclic amines) is 1. The molecule has 1 aliphatic carbocycles. The van der Waals surface area contributed by atoms with Gasteiger partial charge in [-0.25, -0.2) is 0 Å². The van der Waals surface area contributed by atoms with E-state index in [-0.39, 0.29) is 0 Å². The Bertz CT molecular complexity index is 498. The van der Waals surface area contributed by atoms with Gasteiger partial charge in [-0.1, -0.05) is 57.0 Å². The molecule has 1 aromatic carbocycles. The monoisotopic (exact) mass is 299 g/mol. The van der Waals surface area contributed by atoms with Crippen LogP contribution in [0.4, 0.5) is 0 Å². The average molecular weight is 299 g/mol. The second-order valence-electron chi connectivity index (χ2n) is 7.38. The van der Waals surface area contributed by atoms with Crippen molar-refractivity contribution in [2.24, 2.45) is 11.8 Å². The van der Waals surface area contributed by atoms with Gasteiger partial charge in [-0.15, -0.1) is 0 Å². The van der Waals surface area contributed by atoms with Crippen molar-refractivity contribution in [3.05, 3.63) is 35.9 Å². The van der Waals surface area contributed by atoms with Crippen molar-refractivity contribution in [1.82, 2.24) is 4.90 Å². The van der Waals surface area contributed by atoms with Gasteiger partial charge >= 0.3 is 0 Å². The number of nitrogens with zero attached hydrogens (tertiary/aromatic N) is 1. The standard InChI is InChI=1S/C20H29NO/c1-15-12-13-21(19-11-7-6-10-18(15)19)20(22)14-16(2)17-8-4-3-5-9-17/h3-5,8-9,15-16,18-19H,6-7,10-14H2,1-2H3. The molecule has 4 atom stereocenters. The summed E-state index contributed by atoms with van der Waals surface area (Å²) in [6, 6.07) is 11.0. The highest BCUT2D eigenvalue weighted by atomic mass is 16.2. The fourth-order valence-corrected chi connectivity index (χ4v) is 4.50. The number of fused-ring (bicyclic) bond motifs is 1. The average Bonchev–Trinajstić information content (AvgIpc) is 2.56. The normalized spacial score (nSPS) is 29.7. The first-order chi connectivity index (χ1) is 10.7. The van der Waals surface area contributed by atoms with E-state index in [9.17, 15) is 4.79 Å². The van der Waals surface area contributed by atoms with Gasteiger partial charge in [0.1, 0.15) is 0 Å². The lowest BCUT2D eigenvalue weighted by Gasteiger charge is -2.47. The van der Waals surface area contributed by atoms with E-state index in [0.29, 0.717) is 24.3 Å². The summed E-state index contributed by atoms with van der Waals surface area (Å²) in [6.45, 7) is 5.54. The summed E-state index contributed by atoms with van der Waals surface area (Å²) in [4.78, 5) is 15.1. The summed E-state index contributed by atoms with van der Waals surface area (Å²) in [7, 11) is 0. The number of piperidine rings is 1. The third kappa shape index (κ3) is 3.21. The van der Waals surface area contributed by atoms with Gasteiger partial charge in [0.2, 0.25) is 5.91 Å². The van der Waals surface area contributed by atoms with E-state index in [1.807, 2.05) is 6.07 Å². The third-order valence-electron chi connectivity index (χ3n) is 5.91. The van der Waals surface area contributed by atoms with Gasteiger partial charge in [-0.2, -0.15) is 0 Å². The molecule has 2 nitrogen and oxygen atoms in total. The Morgan fingerprint density at radius 3 is 2.68 bits per heavy atom. The molecule has 1 saturated heterocycles. The highest BCUT2D eigenvalue weighted by Crippen LogP contribution is 2.39. The number of amides is 1. The number of benzene rings is 1. The lowest BCUT2D eigenvalue weighted by Crippen LogP contribution is -2.52. The number of carbonyl (C=O) groups is 1. The van der Waals surface area contributed by atoms with Crippen molar-refractivity contribution in [3.63, 3.8) is 0 Å². The molecule has 0 spiro atoms. The maximum atomic E-state index is 12.9. The summed E-state index contributed by atoms with van der Waals surface area (Å²) < 4.78 is 0. The number of hydrogen-bond donors (Lipinski definition) is 0. The van der Waals surface area contributed by atoms with E-state index < -0.39 is 0 Å². The smallest absolute Gasteiger partial charge is 0.223 e. The molecule has 1 aromatic rings. The van der Waals surface area contributed by atoms with Crippen LogP contribution < -0.4 is 0 Å². The van der Waals surface area contributed by atoms with Gasteiger partial charge in [0.25, 0.3) is 0 Å². The second-order valence-corrected chi connectivity index (χ2v) is 7.38. The number of rotatable bonds is 3. The fraction of sp³-hybridized carbons (Fsp3) is 0.650. The zero-order valence-corrected chi connectivity index (χ0v) is 14.0. The van der Waals surface area contributed by atoms with Gasteiger partial charge in [0, 0.05) is 19.0 Å². The molecule has 0 aromatic heterocycles. The molecule has 0 bridgehead atoms. The Balaban J connectivity index is 1.66. The molecule has 0 N–H and O–H groups in total. The first kappa shape index (κ1) is 15.6. The predicted molar refractivity (Wildman–Crippen MR) is 90.7 cm³/mol. The van der Waals surface area contributed by atoms with E-state index in [4.69, 9.17) is 0 Å². The van der Waals surface area contributed by atoms with Crippen LogP contribution in [-0.2, 0) is 4.79 Å². The molecule has 1 amide bonds. The van der Waals surface area contributed by atoms with Gasteiger partial charge in [0.15, 0.2) is 0 Å². The van der Waals surface area contributed by atoms with Crippen LogP contribution >= 0.6 is 0 Å². The van der Waals surface area contributed by atoms with Crippen LogP contribution in [0.25, 0.3) is 0 Å². The zero-order chi connectivity index (χ0) is 15.5. The molecule has 4 unspecified atom stereocenters. The Kier molecular flexibility index (Phi) is 4.85. The highest BCUT2D eigenvalue weighted by molar-refractivity contribution is 5.77. The van der Waals surface area contributed by atoms with Crippen LogP contribution in [0.1, 0.15) is 63.9 Å². The maximum absolute atomic E-state index is 12.9. The van der Waals surface area contributed by atoms with Crippen molar-refractivity contribution in [2.75, 3.05) is 6.54 Å². The minimum Gasteiger partial charge on any atom is -0.339 e. The topological polar surface area (TPSA) is 20.3 Å². The number of hydrogen-bond acceptors (Lipinski definition) is 1. The fourth-order valence-electron chi connectivity index (χ4n) is 4.50. The van der Waals surface area contributed by atoms with Crippen LogP contribution in [-0.4, -0.2) is 23.4 Å². The van der Waals surface area contributed by atoms with Gasteiger partial charge in [-0.05, 0) is 42.6 Å². The van der Waals surface area contributed by atoms with Crippen molar-refractivity contribution in [1.29, 1.82) is 0 Å². The Morgan fingerprint density at radius 1 is 1.18 bits per heavy atom. The predicted octanol–water partition coefficient (Wildman–Crippen LogP) is 4.61. The van der Waals surface area contributed by atoms with E-state index in [2.05, 4.69) is 43.0 Å². The molecular formula is C20H29NO. The van der Waals surface area contributed by atoms with E-state index in [1.54, 1.807) is 0 Å². The van der Waals surface area contributed by atoms with Gasteiger partial charge in [-0.3, -0.25) is 4.79 Å². The molecule has 2 heteroatoms. The van der Waals surface area contributed by atoms with E-state index in [1.165, 1.54) is 37.7 Å². The summed E-state index contributed by atoms with van der Waals surface area (Å²) in [5, 5.41) is 0. The van der Waals surface area contributed by atoms with Gasteiger partial charge in [0.05, 0.1) is 0 Å². The quantitative estimate of drug-likeness (QED) is 0.798. The Hall–Kier alpha value is -1.31. The van der Waals surface area contributed by atoms with Crippen molar-refractivity contribution in [3.8, 4) is 0 Å². The van der Waals surface area contributed by atoms with Crippen molar-refractivity contribution in [2.45, 2.75) is 64.3 Å². The van der Waals surface area contributed by atoms with Crippen LogP contribution in [0.3, 0.4) is 0 Å². The highest BCUT2D eigenvalue weighted by Gasteiger charge is 2.39. The minimum atomic E-state index is 0.315. The maximum Gasteiger partial charge on any atom is 0.223 e. The van der Waals surface area contributed by atoms with Crippen molar-refractivity contribution < 1.29 is 4.79 Å². The summed E-state index contributed by atoms with van der Waals surface area (Å²) in [6.07, 6.45) is 7.04.